The minimum Gasteiger partial charge on any atom is -0.368 e. The highest BCUT2D eigenvalue weighted by molar-refractivity contribution is 6.32. The van der Waals surface area contributed by atoms with E-state index in [2.05, 4.69) is 22.2 Å². The third kappa shape index (κ3) is 2.81. The molecule has 2 unspecified atom stereocenters. The third-order valence-corrected chi connectivity index (χ3v) is 3.31. The van der Waals surface area contributed by atoms with Gasteiger partial charge in [-0.25, -0.2) is 9.97 Å². The first-order valence-electron chi connectivity index (χ1n) is 5.45. The molecule has 15 heavy (non-hydrogen) atoms. The van der Waals surface area contributed by atoms with Crippen molar-refractivity contribution in [2.45, 2.75) is 26.2 Å². The van der Waals surface area contributed by atoms with Crippen LogP contribution in [0.1, 0.15) is 26.2 Å². The molecule has 82 valence electrons. The van der Waals surface area contributed by atoms with Crippen molar-refractivity contribution in [2.24, 2.45) is 11.8 Å². The molecular weight excluding hydrogens is 210 g/mol. The molecule has 2 rings (SSSR count). The summed E-state index contributed by atoms with van der Waals surface area (Å²) in [5.74, 6) is 2.40. The van der Waals surface area contributed by atoms with E-state index < -0.39 is 0 Å². The van der Waals surface area contributed by atoms with Crippen LogP contribution < -0.4 is 5.32 Å². The van der Waals surface area contributed by atoms with E-state index in [1.807, 2.05) is 0 Å². The molecule has 4 heteroatoms. The van der Waals surface area contributed by atoms with Gasteiger partial charge in [0.15, 0.2) is 0 Å². The van der Waals surface area contributed by atoms with Gasteiger partial charge in [0.25, 0.3) is 0 Å². The lowest BCUT2D eigenvalue weighted by Gasteiger charge is -2.11. The summed E-state index contributed by atoms with van der Waals surface area (Å²) in [6.07, 6.45) is 7.12. The average molecular weight is 226 g/mol. The van der Waals surface area contributed by atoms with Crippen LogP contribution in [0.2, 0.25) is 5.02 Å². The van der Waals surface area contributed by atoms with Crippen LogP contribution in [0.15, 0.2) is 12.5 Å². The Kier molecular flexibility index (Phi) is 3.41. The summed E-state index contributed by atoms with van der Waals surface area (Å²) in [4.78, 5) is 7.96. The molecule has 1 aliphatic carbocycles. The lowest BCUT2D eigenvalue weighted by molar-refractivity contribution is 0.536. The topological polar surface area (TPSA) is 37.8 Å². The molecule has 0 saturated heterocycles. The van der Waals surface area contributed by atoms with Crippen LogP contribution in [0.25, 0.3) is 0 Å². The molecular formula is C11H16ClN3. The maximum atomic E-state index is 5.95. The number of aromatic nitrogens is 2. The zero-order valence-corrected chi connectivity index (χ0v) is 9.67. The predicted octanol–water partition coefficient (Wildman–Crippen LogP) is 2.98. The number of rotatable bonds is 3. The molecule has 1 N–H and O–H groups in total. The Balaban J connectivity index is 1.86. The molecule has 1 aromatic heterocycles. The van der Waals surface area contributed by atoms with E-state index in [1.165, 1.54) is 25.6 Å². The average Bonchev–Trinajstić information content (AvgIpc) is 2.63. The molecule has 0 aromatic carbocycles. The second-order valence-electron chi connectivity index (χ2n) is 4.38. The number of anilines is 1. The van der Waals surface area contributed by atoms with Crippen molar-refractivity contribution in [2.75, 3.05) is 11.9 Å². The second kappa shape index (κ2) is 4.79. The molecule has 1 aliphatic rings. The largest absolute Gasteiger partial charge is 0.368 e. The highest BCUT2D eigenvalue weighted by atomic mass is 35.5. The Morgan fingerprint density at radius 1 is 1.53 bits per heavy atom. The molecule has 0 radical (unpaired) electrons. The van der Waals surface area contributed by atoms with Crippen LogP contribution in [0, 0.1) is 11.8 Å². The number of nitrogens with one attached hydrogen (secondary N) is 1. The fourth-order valence-corrected chi connectivity index (χ4v) is 2.37. The highest BCUT2D eigenvalue weighted by Crippen LogP contribution is 2.30. The van der Waals surface area contributed by atoms with Gasteiger partial charge in [-0.05, 0) is 24.7 Å². The van der Waals surface area contributed by atoms with Crippen molar-refractivity contribution in [1.82, 2.24) is 9.97 Å². The van der Waals surface area contributed by atoms with Gasteiger partial charge >= 0.3 is 0 Å². The number of hydrogen-bond donors (Lipinski definition) is 1. The van der Waals surface area contributed by atoms with E-state index >= 15 is 0 Å². The van der Waals surface area contributed by atoms with E-state index in [9.17, 15) is 0 Å². The standard InChI is InChI=1S/C11H16ClN3/c1-8-2-3-9(4-8)5-14-11-10(12)6-13-7-15-11/h6-9H,2-5H2,1H3,(H,13,14,15). The fourth-order valence-electron chi connectivity index (χ4n) is 2.19. The van der Waals surface area contributed by atoms with Crippen LogP contribution in [0.5, 0.6) is 0 Å². The molecule has 3 nitrogen and oxygen atoms in total. The van der Waals surface area contributed by atoms with E-state index in [-0.39, 0.29) is 0 Å². The molecule has 0 bridgehead atoms. The van der Waals surface area contributed by atoms with E-state index in [0.717, 1.165) is 24.2 Å². The fraction of sp³-hybridized carbons (Fsp3) is 0.636. The van der Waals surface area contributed by atoms with Gasteiger partial charge in [-0.15, -0.1) is 0 Å². The summed E-state index contributed by atoms with van der Waals surface area (Å²) >= 11 is 5.95. The number of hydrogen-bond acceptors (Lipinski definition) is 3. The van der Waals surface area contributed by atoms with Gasteiger partial charge < -0.3 is 5.32 Å². The van der Waals surface area contributed by atoms with Crippen LogP contribution in [-0.4, -0.2) is 16.5 Å². The highest BCUT2D eigenvalue weighted by Gasteiger charge is 2.21. The predicted molar refractivity (Wildman–Crippen MR) is 62.0 cm³/mol. The van der Waals surface area contributed by atoms with Crippen molar-refractivity contribution in [3.8, 4) is 0 Å². The smallest absolute Gasteiger partial charge is 0.148 e. The van der Waals surface area contributed by atoms with Crippen LogP contribution in [-0.2, 0) is 0 Å². The van der Waals surface area contributed by atoms with Gasteiger partial charge in [-0.3, -0.25) is 0 Å². The van der Waals surface area contributed by atoms with Crippen LogP contribution in [0.4, 0.5) is 5.82 Å². The van der Waals surface area contributed by atoms with Crippen molar-refractivity contribution < 1.29 is 0 Å². The van der Waals surface area contributed by atoms with Gasteiger partial charge in [0.2, 0.25) is 0 Å². The quantitative estimate of drug-likeness (QED) is 0.860. The summed E-state index contributed by atoms with van der Waals surface area (Å²) in [6, 6.07) is 0. The van der Waals surface area contributed by atoms with Gasteiger partial charge in [0, 0.05) is 6.54 Å². The van der Waals surface area contributed by atoms with E-state index in [1.54, 1.807) is 6.20 Å². The summed E-state index contributed by atoms with van der Waals surface area (Å²) < 4.78 is 0. The zero-order chi connectivity index (χ0) is 10.7. The van der Waals surface area contributed by atoms with Crippen molar-refractivity contribution in [3.63, 3.8) is 0 Å². The monoisotopic (exact) mass is 225 g/mol. The van der Waals surface area contributed by atoms with Crippen molar-refractivity contribution in [1.29, 1.82) is 0 Å². The normalized spacial score (nSPS) is 25.5. The van der Waals surface area contributed by atoms with Crippen LogP contribution in [0.3, 0.4) is 0 Å². The molecule has 1 saturated carbocycles. The molecule has 0 amide bonds. The van der Waals surface area contributed by atoms with E-state index in [4.69, 9.17) is 11.6 Å². The van der Waals surface area contributed by atoms with Gasteiger partial charge in [0.05, 0.1) is 6.20 Å². The lowest BCUT2D eigenvalue weighted by Crippen LogP contribution is -2.12. The van der Waals surface area contributed by atoms with E-state index in [0.29, 0.717) is 5.02 Å². The van der Waals surface area contributed by atoms with Gasteiger partial charge in [0.1, 0.15) is 17.2 Å². The maximum absolute atomic E-state index is 5.95. The Morgan fingerprint density at radius 2 is 2.40 bits per heavy atom. The summed E-state index contributed by atoms with van der Waals surface area (Å²) in [5, 5.41) is 3.89. The SMILES string of the molecule is CC1CCC(CNc2ncncc2Cl)C1. The minimum absolute atomic E-state index is 0.601. The Labute approximate surface area is 95.3 Å². The number of halogens is 1. The maximum Gasteiger partial charge on any atom is 0.148 e. The molecule has 2 atom stereocenters. The molecule has 0 spiro atoms. The lowest BCUT2D eigenvalue weighted by atomic mass is 10.1. The first kappa shape index (κ1) is 10.7. The first-order valence-corrected chi connectivity index (χ1v) is 5.83. The van der Waals surface area contributed by atoms with Crippen molar-refractivity contribution >= 4 is 17.4 Å². The van der Waals surface area contributed by atoms with Crippen LogP contribution >= 0.6 is 11.6 Å². The molecule has 1 fully saturated rings. The molecule has 1 heterocycles. The molecule has 0 aliphatic heterocycles. The van der Waals surface area contributed by atoms with Crippen molar-refractivity contribution in [3.05, 3.63) is 17.5 Å². The minimum atomic E-state index is 0.601. The Morgan fingerprint density at radius 3 is 3.07 bits per heavy atom. The van der Waals surface area contributed by atoms with Gasteiger partial charge in [-0.1, -0.05) is 24.9 Å². The summed E-state index contributed by atoms with van der Waals surface area (Å²) in [6.45, 7) is 3.29. The Hall–Kier alpha value is -0.830. The summed E-state index contributed by atoms with van der Waals surface area (Å²) in [5.41, 5.74) is 0. The third-order valence-electron chi connectivity index (χ3n) is 3.03. The molecule has 1 aromatic rings. The Bertz CT molecular complexity index is 329. The first-order chi connectivity index (χ1) is 7.25. The number of nitrogens with zero attached hydrogens (tertiary/aromatic N) is 2. The van der Waals surface area contributed by atoms with Gasteiger partial charge in [-0.2, -0.15) is 0 Å². The zero-order valence-electron chi connectivity index (χ0n) is 8.91. The second-order valence-corrected chi connectivity index (χ2v) is 4.79. The summed E-state index contributed by atoms with van der Waals surface area (Å²) in [7, 11) is 0.